The van der Waals surface area contributed by atoms with E-state index in [0.29, 0.717) is 29.9 Å². The zero-order chi connectivity index (χ0) is 23.5. The highest BCUT2D eigenvalue weighted by Gasteiger charge is 2.26. The number of hydrogen-bond acceptors (Lipinski definition) is 4. The summed E-state index contributed by atoms with van der Waals surface area (Å²) in [5.41, 5.74) is 3.05. The maximum atomic E-state index is 13.6. The van der Waals surface area contributed by atoms with Gasteiger partial charge in [-0.2, -0.15) is 0 Å². The van der Waals surface area contributed by atoms with Crippen molar-refractivity contribution < 1.29 is 27.5 Å². The van der Waals surface area contributed by atoms with Gasteiger partial charge in [-0.1, -0.05) is 6.07 Å². The summed E-state index contributed by atoms with van der Waals surface area (Å²) < 4.78 is 52.8. The van der Waals surface area contributed by atoms with Crippen LogP contribution < -0.4 is 10.2 Å². The van der Waals surface area contributed by atoms with Crippen molar-refractivity contribution in [3.63, 3.8) is 0 Å². The zero-order valence-electron chi connectivity index (χ0n) is 17.5. The topological polar surface area (TPSA) is 65.5 Å². The number of aliphatic hydroxyl groups is 1. The van der Waals surface area contributed by atoms with Gasteiger partial charge < -0.3 is 15.3 Å². The maximum absolute atomic E-state index is 13.6. The number of fused-ring (bicyclic) bond motifs is 1. The van der Waals surface area contributed by atoms with Gasteiger partial charge in [0.15, 0.2) is 17.5 Å². The largest absolute Gasteiger partial charge is 0.389 e. The maximum Gasteiger partial charge on any atom is 0.251 e. The molecule has 0 saturated carbocycles. The second kappa shape index (κ2) is 9.58. The standard InChI is InChI=1S/C24H21F4N3O2/c25-12-16(32)13-30-24(33)18-2-1-3-21-17(18)5-7-31(21)22-11-14(4-6-29-22)8-15-9-19(26)23(28)20(27)10-15/h1-4,6,9-11,16,32H,5,7-8,12-13H2,(H,30,33)/t16-/m0/s1. The Morgan fingerprint density at radius 3 is 2.61 bits per heavy atom. The minimum Gasteiger partial charge on any atom is -0.389 e. The monoisotopic (exact) mass is 459 g/mol. The van der Waals surface area contributed by atoms with Crippen molar-refractivity contribution in [2.45, 2.75) is 18.9 Å². The van der Waals surface area contributed by atoms with Gasteiger partial charge in [0.25, 0.3) is 5.91 Å². The molecule has 172 valence electrons. The molecular weight excluding hydrogens is 438 g/mol. The number of aromatic nitrogens is 1. The molecule has 0 fully saturated rings. The number of amides is 1. The van der Waals surface area contributed by atoms with Gasteiger partial charge in [-0.25, -0.2) is 22.5 Å². The predicted molar refractivity (Wildman–Crippen MR) is 115 cm³/mol. The summed E-state index contributed by atoms with van der Waals surface area (Å²) in [5, 5.41) is 11.9. The van der Waals surface area contributed by atoms with E-state index in [9.17, 15) is 27.5 Å². The van der Waals surface area contributed by atoms with E-state index < -0.39 is 36.1 Å². The van der Waals surface area contributed by atoms with Crippen LogP contribution in [0.3, 0.4) is 0 Å². The molecule has 2 heterocycles. The van der Waals surface area contributed by atoms with E-state index in [4.69, 9.17) is 0 Å². The van der Waals surface area contributed by atoms with Crippen LogP contribution in [-0.2, 0) is 12.8 Å². The summed E-state index contributed by atoms with van der Waals surface area (Å²) >= 11 is 0. The van der Waals surface area contributed by atoms with Gasteiger partial charge in [0.05, 0.1) is 6.10 Å². The van der Waals surface area contributed by atoms with Gasteiger partial charge in [-0.15, -0.1) is 0 Å². The highest BCUT2D eigenvalue weighted by Crippen LogP contribution is 2.36. The highest BCUT2D eigenvalue weighted by molar-refractivity contribution is 5.98. The van der Waals surface area contributed by atoms with Gasteiger partial charge in [0, 0.05) is 30.5 Å². The number of nitrogens with one attached hydrogen (secondary N) is 1. The number of carbonyl (C=O) groups is 1. The van der Waals surface area contributed by atoms with Crippen molar-refractivity contribution in [1.29, 1.82) is 0 Å². The molecule has 0 aliphatic carbocycles. The van der Waals surface area contributed by atoms with Crippen molar-refractivity contribution >= 4 is 17.4 Å². The molecule has 1 aliphatic rings. The summed E-state index contributed by atoms with van der Waals surface area (Å²) in [6.45, 7) is -0.569. The number of nitrogens with zero attached hydrogens (tertiary/aromatic N) is 2. The first-order chi connectivity index (χ1) is 15.9. The Balaban J connectivity index is 1.56. The summed E-state index contributed by atoms with van der Waals surface area (Å²) in [6.07, 6.45) is 1.08. The molecule has 0 radical (unpaired) electrons. The van der Waals surface area contributed by atoms with Crippen LogP contribution in [0, 0.1) is 17.5 Å². The molecule has 2 N–H and O–H groups in total. The smallest absolute Gasteiger partial charge is 0.251 e. The van der Waals surface area contributed by atoms with E-state index in [2.05, 4.69) is 10.3 Å². The fourth-order valence-electron chi connectivity index (χ4n) is 3.91. The van der Waals surface area contributed by atoms with Crippen LogP contribution in [0.15, 0.2) is 48.7 Å². The Hall–Kier alpha value is -3.46. The van der Waals surface area contributed by atoms with Crippen LogP contribution in [0.5, 0.6) is 0 Å². The van der Waals surface area contributed by atoms with Gasteiger partial charge in [-0.3, -0.25) is 4.79 Å². The molecule has 0 saturated heterocycles. The van der Waals surface area contributed by atoms with E-state index in [-0.39, 0.29) is 13.0 Å². The number of aliphatic hydroxyl groups excluding tert-OH is 1. The average molecular weight is 459 g/mol. The van der Waals surface area contributed by atoms with Crippen LogP contribution in [-0.4, -0.2) is 41.9 Å². The molecule has 0 unspecified atom stereocenters. The molecule has 1 aliphatic heterocycles. The number of halogens is 4. The summed E-state index contributed by atoms with van der Waals surface area (Å²) in [4.78, 5) is 18.9. The molecule has 0 bridgehead atoms. The average Bonchev–Trinajstić information content (AvgIpc) is 3.25. The Bertz CT molecular complexity index is 1170. The lowest BCUT2D eigenvalue weighted by Gasteiger charge is -2.19. The number of anilines is 2. The molecule has 2 aromatic carbocycles. The first-order valence-corrected chi connectivity index (χ1v) is 10.4. The summed E-state index contributed by atoms with van der Waals surface area (Å²) in [7, 11) is 0. The third kappa shape index (κ3) is 4.83. The van der Waals surface area contributed by atoms with E-state index >= 15 is 0 Å². The van der Waals surface area contributed by atoms with E-state index in [1.165, 1.54) is 0 Å². The molecule has 0 spiro atoms. The Morgan fingerprint density at radius 2 is 1.88 bits per heavy atom. The molecule has 1 amide bonds. The van der Waals surface area contributed by atoms with Gasteiger partial charge >= 0.3 is 0 Å². The molecule has 1 aromatic heterocycles. The predicted octanol–water partition coefficient (Wildman–Crippen LogP) is 3.84. The van der Waals surface area contributed by atoms with Crippen LogP contribution in [0.4, 0.5) is 29.1 Å². The van der Waals surface area contributed by atoms with Crippen LogP contribution in [0.2, 0.25) is 0 Å². The van der Waals surface area contributed by atoms with Crippen LogP contribution in [0.25, 0.3) is 0 Å². The van der Waals surface area contributed by atoms with Crippen LogP contribution >= 0.6 is 0 Å². The van der Waals surface area contributed by atoms with E-state index in [1.807, 2.05) is 11.0 Å². The SMILES string of the molecule is O=C(NC[C@@H](O)CF)c1cccc2c1CCN2c1cc(Cc2cc(F)c(F)c(F)c2)ccn1. The minimum atomic E-state index is -1.50. The molecule has 3 aromatic rings. The fourth-order valence-corrected chi connectivity index (χ4v) is 3.91. The third-order valence-corrected chi connectivity index (χ3v) is 5.49. The lowest BCUT2D eigenvalue weighted by atomic mass is 10.0. The van der Waals surface area contributed by atoms with Crippen molar-refractivity contribution in [2.24, 2.45) is 0 Å². The third-order valence-electron chi connectivity index (χ3n) is 5.49. The zero-order valence-corrected chi connectivity index (χ0v) is 17.5. The molecule has 9 heteroatoms. The van der Waals surface area contributed by atoms with Gasteiger partial charge in [0.2, 0.25) is 0 Å². The number of rotatable bonds is 7. The van der Waals surface area contributed by atoms with E-state index in [1.54, 1.807) is 30.5 Å². The van der Waals surface area contributed by atoms with E-state index in [0.717, 1.165) is 28.9 Å². The molecule has 5 nitrogen and oxygen atoms in total. The number of hydrogen-bond donors (Lipinski definition) is 2. The number of alkyl halides is 1. The van der Waals surface area contributed by atoms with Crippen molar-refractivity contribution in [3.8, 4) is 0 Å². The fraction of sp³-hybridized carbons (Fsp3) is 0.250. The quantitative estimate of drug-likeness (QED) is 0.416. The minimum absolute atomic E-state index is 0.184. The Morgan fingerprint density at radius 1 is 1.12 bits per heavy atom. The first kappa shape index (κ1) is 22.7. The molecular formula is C24H21F4N3O2. The van der Waals surface area contributed by atoms with Crippen LogP contribution in [0.1, 0.15) is 27.0 Å². The summed E-state index contributed by atoms with van der Waals surface area (Å²) in [6, 6.07) is 10.7. The Labute approximate surface area is 187 Å². The molecule has 4 rings (SSSR count). The molecule has 1 atom stereocenters. The first-order valence-electron chi connectivity index (χ1n) is 10.4. The van der Waals surface area contributed by atoms with Crippen molar-refractivity contribution in [1.82, 2.24) is 10.3 Å². The number of pyridine rings is 1. The lowest BCUT2D eigenvalue weighted by Crippen LogP contribution is -2.33. The highest BCUT2D eigenvalue weighted by atomic mass is 19.2. The number of benzene rings is 2. The van der Waals surface area contributed by atoms with Gasteiger partial charge in [0.1, 0.15) is 12.5 Å². The lowest BCUT2D eigenvalue weighted by molar-refractivity contribution is 0.0894. The number of carbonyl (C=O) groups excluding carboxylic acids is 1. The van der Waals surface area contributed by atoms with Gasteiger partial charge in [-0.05, 0) is 65.9 Å². The van der Waals surface area contributed by atoms with Crippen molar-refractivity contribution in [2.75, 3.05) is 24.7 Å². The van der Waals surface area contributed by atoms with Crippen molar-refractivity contribution in [3.05, 3.63) is 88.4 Å². The molecule has 33 heavy (non-hydrogen) atoms. The summed E-state index contributed by atoms with van der Waals surface area (Å²) in [5.74, 6) is -3.78. The second-order valence-corrected chi connectivity index (χ2v) is 7.80. The normalized spacial score (nSPS) is 13.7. The second-order valence-electron chi connectivity index (χ2n) is 7.80. The Kier molecular flexibility index (Phi) is 6.60.